The lowest BCUT2D eigenvalue weighted by Crippen LogP contribution is -2.25. The highest BCUT2D eigenvalue weighted by Crippen LogP contribution is 2.36. The third-order valence-electron chi connectivity index (χ3n) is 5.88. The Hall–Kier alpha value is -3.52. The fourth-order valence-electron chi connectivity index (χ4n) is 3.86. The lowest BCUT2D eigenvalue weighted by Gasteiger charge is -2.28. The average Bonchev–Trinajstić information content (AvgIpc) is 3.27. The van der Waals surface area contributed by atoms with Gasteiger partial charge in [0.25, 0.3) is 0 Å². The largest absolute Gasteiger partial charge is 0.489 e. The number of para-hydroxylation sites is 1. The standard InChI is InChI=1S/C25H22FN3O3S/c26-23-15(7-8-21-18(23)10-12-33-21)9-11-27-22-13-20(28-14-29-22)17-5-2-6-19(25(30)31)24(17)32-16-3-1-4-16/h2,5-8,10,12-14,16H,1,3-4,9,11H2,(H,30,31)(H,27,28,29). The molecular formula is C25H22FN3O3S. The summed E-state index contributed by atoms with van der Waals surface area (Å²) in [4.78, 5) is 20.4. The van der Waals surface area contributed by atoms with Crippen LogP contribution in [-0.2, 0) is 6.42 Å². The summed E-state index contributed by atoms with van der Waals surface area (Å²) in [5, 5.41) is 15.4. The number of rotatable bonds is 8. The summed E-state index contributed by atoms with van der Waals surface area (Å²) in [5.74, 6) is -0.303. The number of fused-ring (bicyclic) bond motifs is 1. The number of carboxylic acid groups (broad SMARTS) is 1. The van der Waals surface area contributed by atoms with Gasteiger partial charge in [-0.1, -0.05) is 12.1 Å². The van der Waals surface area contributed by atoms with Crippen LogP contribution in [0.25, 0.3) is 21.3 Å². The number of hydrogen-bond donors (Lipinski definition) is 2. The minimum Gasteiger partial charge on any atom is -0.489 e. The number of benzene rings is 2. The molecule has 5 rings (SSSR count). The zero-order valence-corrected chi connectivity index (χ0v) is 18.6. The fraction of sp³-hybridized carbons (Fsp3) is 0.240. The second-order valence-electron chi connectivity index (χ2n) is 7.99. The van der Waals surface area contributed by atoms with E-state index in [4.69, 9.17) is 4.74 Å². The van der Waals surface area contributed by atoms with E-state index in [0.29, 0.717) is 46.7 Å². The van der Waals surface area contributed by atoms with Gasteiger partial charge in [0.1, 0.15) is 29.3 Å². The van der Waals surface area contributed by atoms with E-state index in [9.17, 15) is 14.3 Å². The van der Waals surface area contributed by atoms with Crippen LogP contribution in [0.4, 0.5) is 10.2 Å². The van der Waals surface area contributed by atoms with Crippen molar-refractivity contribution in [1.82, 2.24) is 9.97 Å². The number of thiophene rings is 1. The molecule has 0 spiro atoms. The molecule has 0 bridgehead atoms. The van der Waals surface area contributed by atoms with Gasteiger partial charge in [-0.2, -0.15) is 0 Å². The summed E-state index contributed by atoms with van der Waals surface area (Å²) in [6.45, 7) is 0.490. The maximum absolute atomic E-state index is 14.7. The minimum absolute atomic E-state index is 0.0270. The van der Waals surface area contributed by atoms with Gasteiger partial charge in [-0.05, 0) is 60.9 Å². The number of halogens is 1. The van der Waals surface area contributed by atoms with Gasteiger partial charge >= 0.3 is 5.97 Å². The SMILES string of the molecule is O=C(O)c1cccc(-c2cc(NCCc3ccc4sccc4c3F)ncn2)c1OC1CCC1. The molecule has 1 aliphatic rings. The molecule has 1 aliphatic carbocycles. The van der Waals surface area contributed by atoms with Crippen molar-refractivity contribution in [2.24, 2.45) is 0 Å². The highest BCUT2D eigenvalue weighted by atomic mass is 32.1. The van der Waals surface area contributed by atoms with E-state index in [1.807, 2.05) is 17.5 Å². The molecule has 0 atom stereocenters. The maximum Gasteiger partial charge on any atom is 0.339 e. The van der Waals surface area contributed by atoms with Crippen LogP contribution in [0.15, 0.2) is 54.2 Å². The molecule has 4 aromatic rings. The lowest BCUT2D eigenvalue weighted by molar-refractivity contribution is 0.0680. The Balaban J connectivity index is 1.35. The van der Waals surface area contributed by atoms with Gasteiger partial charge in [0, 0.05) is 28.3 Å². The molecule has 2 heterocycles. The summed E-state index contributed by atoms with van der Waals surface area (Å²) in [5.41, 5.74) is 1.94. The molecule has 2 aromatic carbocycles. The zero-order chi connectivity index (χ0) is 22.8. The summed E-state index contributed by atoms with van der Waals surface area (Å²) in [6.07, 6.45) is 4.86. The number of carboxylic acids is 1. The highest BCUT2D eigenvalue weighted by molar-refractivity contribution is 7.17. The molecule has 6 nitrogen and oxygen atoms in total. The van der Waals surface area contributed by atoms with Crippen molar-refractivity contribution >= 4 is 33.2 Å². The predicted octanol–water partition coefficient (Wildman–Crippen LogP) is 5.78. The van der Waals surface area contributed by atoms with E-state index in [1.165, 1.54) is 17.7 Å². The molecule has 0 radical (unpaired) electrons. The van der Waals surface area contributed by atoms with Crippen LogP contribution in [0.5, 0.6) is 5.75 Å². The van der Waals surface area contributed by atoms with Gasteiger partial charge < -0.3 is 15.2 Å². The first kappa shape index (κ1) is 21.3. The van der Waals surface area contributed by atoms with E-state index in [2.05, 4.69) is 15.3 Å². The minimum atomic E-state index is -1.04. The van der Waals surface area contributed by atoms with E-state index in [0.717, 1.165) is 24.0 Å². The van der Waals surface area contributed by atoms with Crippen LogP contribution in [0.3, 0.4) is 0 Å². The monoisotopic (exact) mass is 463 g/mol. The van der Waals surface area contributed by atoms with Gasteiger partial charge in [-0.15, -0.1) is 11.3 Å². The Labute approximate surface area is 194 Å². The number of nitrogens with one attached hydrogen (secondary N) is 1. The van der Waals surface area contributed by atoms with Crippen LogP contribution >= 0.6 is 11.3 Å². The van der Waals surface area contributed by atoms with Crippen molar-refractivity contribution in [3.8, 4) is 17.0 Å². The molecule has 2 N–H and O–H groups in total. The highest BCUT2D eigenvalue weighted by Gasteiger charge is 2.25. The first-order valence-corrected chi connectivity index (χ1v) is 11.7. The van der Waals surface area contributed by atoms with Crippen molar-refractivity contribution < 1.29 is 19.0 Å². The summed E-state index contributed by atoms with van der Waals surface area (Å²) in [7, 11) is 0. The molecule has 1 fully saturated rings. The zero-order valence-electron chi connectivity index (χ0n) is 17.8. The fourth-order valence-corrected chi connectivity index (χ4v) is 4.64. The van der Waals surface area contributed by atoms with Gasteiger partial charge in [0.05, 0.1) is 11.8 Å². The lowest BCUT2D eigenvalue weighted by atomic mass is 9.95. The number of aromatic nitrogens is 2. The first-order chi connectivity index (χ1) is 16.1. The molecule has 0 aliphatic heterocycles. The Morgan fingerprint density at radius 1 is 1.21 bits per heavy atom. The van der Waals surface area contributed by atoms with Crippen molar-refractivity contribution in [3.63, 3.8) is 0 Å². The van der Waals surface area contributed by atoms with Crippen LogP contribution < -0.4 is 10.1 Å². The van der Waals surface area contributed by atoms with E-state index < -0.39 is 5.97 Å². The third kappa shape index (κ3) is 4.39. The van der Waals surface area contributed by atoms with Gasteiger partial charge in [0.2, 0.25) is 0 Å². The molecule has 0 saturated heterocycles. The number of hydrogen-bond acceptors (Lipinski definition) is 6. The number of ether oxygens (including phenoxy) is 1. The molecular weight excluding hydrogens is 441 g/mol. The summed E-state index contributed by atoms with van der Waals surface area (Å²) < 4.78 is 21.7. The third-order valence-corrected chi connectivity index (χ3v) is 6.76. The normalized spacial score (nSPS) is 13.6. The van der Waals surface area contributed by atoms with Crippen molar-refractivity contribution in [1.29, 1.82) is 0 Å². The van der Waals surface area contributed by atoms with Crippen LogP contribution in [0.1, 0.15) is 35.2 Å². The molecule has 33 heavy (non-hydrogen) atoms. The number of carbonyl (C=O) groups is 1. The summed E-state index contributed by atoms with van der Waals surface area (Å²) >= 11 is 1.52. The van der Waals surface area contributed by atoms with Gasteiger partial charge in [-0.3, -0.25) is 0 Å². The van der Waals surface area contributed by atoms with Gasteiger partial charge in [-0.25, -0.2) is 19.2 Å². The van der Waals surface area contributed by atoms with Crippen LogP contribution in [0, 0.1) is 5.82 Å². The Morgan fingerprint density at radius 3 is 2.88 bits per heavy atom. The maximum atomic E-state index is 14.7. The van der Waals surface area contributed by atoms with Crippen LogP contribution in [0.2, 0.25) is 0 Å². The quantitative estimate of drug-likeness (QED) is 0.345. The topological polar surface area (TPSA) is 84.3 Å². The first-order valence-electron chi connectivity index (χ1n) is 10.8. The molecule has 168 valence electrons. The second kappa shape index (κ2) is 9.15. The van der Waals surface area contributed by atoms with E-state index >= 15 is 0 Å². The summed E-state index contributed by atoms with van der Waals surface area (Å²) in [6, 6.07) is 12.4. The van der Waals surface area contributed by atoms with Crippen molar-refractivity contribution in [2.45, 2.75) is 31.8 Å². The molecule has 0 unspecified atom stereocenters. The Morgan fingerprint density at radius 2 is 2.09 bits per heavy atom. The molecule has 0 amide bonds. The predicted molar refractivity (Wildman–Crippen MR) is 127 cm³/mol. The van der Waals surface area contributed by atoms with Gasteiger partial charge in [0.15, 0.2) is 0 Å². The number of nitrogens with zero attached hydrogens (tertiary/aromatic N) is 2. The molecule has 8 heteroatoms. The second-order valence-corrected chi connectivity index (χ2v) is 8.94. The molecule has 1 saturated carbocycles. The smallest absolute Gasteiger partial charge is 0.339 e. The van der Waals surface area contributed by atoms with E-state index in [1.54, 1.807) is 30.3 Å². The van der Waals surface area contributed by atoms with Crippen molar-refractivity contribution in [2.75, 3.05) is 11.9 Å². The number of anilines is 1. The molecule has 2 aromatic heterocycles. The Bertz CT molecular complexity index is 1320. The average molecular weight is 464 g/mol. The van der Waals surface area contributed by atoms with Crippen molar-refractivity contribution in [3.05, 3.63) is 71.1 Å². The van der Waals surface area contributed by atoms with Crippen LogP contribution in [-0.4, -0.2) is 33.7 Å². The Kier molecular flexibility index (Phi) is 5.92. The van der Waals surface area contributed by atoms with E-state index in [-0.39, 0.29) is 17.5 Å². The number of aromatic carboxylic acids is 1.